The Morgan fingerprint density at radius 2 is 1.48 bits per heavy atom. The molecule has 21 heavy (non-hydrogen) atoms. The maximum atomic E-state index is 6.32. The summed E-state index contributed by atoms with van der Waals surface area (Å²) in [5.41, 5.74) is 9.10. The van der Waals surface area contributed by atoms with Gasteiger partial charge in [0.15, 0.2) is 11.5 Å². The maximum Gasteiger partial charge on any atom is 0.163 e. The Labute approximate surface area is 127 Å². The molecule has 1 aromatic carbocycles. The molecule has 0 unspecified atom stereocenters. The molecule has 0 atom stereocenters. The molecular weight excluding hydrogens is 262 g/mol. The molecule has 3 rings (SSSR count). The Morgan fingerprint density at radius 1 is 0.952 bits per heavy atom. The van der Waals surface area contributed by atoms with E-state index >= 15 is 0 Å². The molecule has 0 radical (unpaired) electrons. The first-order valence-corrected chi connectivity index (χ1v) is 7.95. The molecule has 1 aliphatic heterocycles. The van der Waals surface area contributed by atoms with Gasteiger partial charge in [-0.1, -0.05) is 27.7 Å². The lowest BCUT2D eigenvalue weighted by Crippen LogP contribution is -2.33. The minimum atomic E-state index is 0.353. The number of hydrogen-bond acceptors (Lipinski definition) is 3. The molecule has 1 saturated carbocycles. The van der Waals surface area contributed by atoms with Crippen LogP contribution < -0.4 is 15.2 Å². The fourth-order valence-corrected chi connectivity index (χ4v) is 4.54. The summed E-state index contributed by atoms with van der Waals surface area (Å²) in [5, 5.41) is 0. The molecule has 0 aromatic heterocycles. The van der Waals surface area contributed by atoms with E-state index in [1.807, 2.05) is 6.07 Å². The van der Waals surface area contributed by atoms with Crippen LogP contribution in [-0.4, -0.2) is 13.2 Å². The molecular formula is C18H27NO2. The van der Waals surface area contributed by atoms with E-state index in [0.717, 1.165) is 17.2 Å². The van der Waals surface area contributed by atoms with Crippen LogP contribution in [0, 0.1) is 10.8 Å². The van der Waals surface area contributed by atoms with Gasteiger partial charge in [-0.3, -0.25) is 0 Å². The van der Waals surface area contributed by atoms with Gasteiger partial charge in [-0.25, -0.2) is 0 Å². The molecule has 1 fully saturated rings. The van der Waals surface area contributed by atoms with Gasteiger partial charge in [-0.2, -0.15) is 0 Å². The minimum absolute atomic E-state index is 0.353. The Kier molecular flexibility index (Phi) is 3.34. The van der Waals surface area contributed by atoms with Crippen molar-refractivity contribution in [2.45, 2.75) is 52.9 Å². The lowest BCUT2D eigenvalue weighted by molar-refractivity contribution is 0.0968. The first kappa shape index (κ1) is 14.6. The largest absolute Gasteiger partial charge is 0.486 e. The van der Waals surface area contributed by atoms with Crippen LogP contribution in [0.2, 0.25) is 0 Å². The minimum Gasteiger partial charge on any atom is -0.486 e. The molecule has 1 heterocycles. The van der Waals surface area contributed by atoms with Crippen molar-refractivity contribution in [3.05, 3.63) is 17.7 Å². The van der Waals surface area contributed by atoms with E-state index in [2.05, 4.69) is 33.8 Å². The van der Waals surface area contributed by atoms with E-state index in [0.29, 0.717) is 30.0 Å². The van der Waals surface area contributed by atoms with E-state index in [1.54, 1.807) is 0 Å². The highest BCUT2D eigenvalue weighted by molar-refractivity contribution is 5.59. The van der Waals surface area contributed by atoms with Crippen molar-refractivity contribution in [2.24, 2.45) is 10.8 Å². The quantitative estimate of drug-likeness (QED) is 0.781. The van der Waals surface area contributed by atoms with Gasteiger partial charge < -0.3 is 15.2 Å². The molecule has 0 spiro atoms. The van der Waals surface area contributed by atoms with Crippen LogP contribution in [0.3, 0.4) is 0 Å². The highest BCUT2D eigenvalue weighted by Gasteiger charge is 2.39. The molecule has 0 amide bonds. The first-order valence-electron chi connectivity index (χ1n) is 7.95. The lowest BCUT2D eigenvalue weighted by Gasteiger charge is -2.45. The molecule has 3 heteroatoms. The average Bonchev–Trinajstić information content (AvgIpc) is 2.34. The van der Waals surface area contributed by atoms with Crippen LogP contribution in [0.4, 0.5) is 5.69 Å². The highest BCUT2D eigenvalue weighted by Crippen LogP contribution is 2.53. The van der Waals surface area contributed by atoms with Crippen LogP contribution in [-0.2, 0) is 0 Å². The van der Waals surface area contributed by atoms with E-state index < -0.39 is 0 Å². The number of anilines is 1. The molecule has 0 saturated heterocycles. The van der Waals surface area contributed by atoms with Crippen molar-refractivity contribution < 1.29 is 9.47 Å². The van der Waals surface area contributed by atoms with Gasteiger partial charge in [0.1, 0.15) is 13.2 Å². The molecule has 1 aromatic rings. The molecule has 2 N–H and O–H groups in total. The van der Waals surface area contributed by atoms with Crippen LogP contribution in [0.1, 0.15) is 58.4 Å². The molecule has 2 aliphatic rings. The molecule has 1 aliphatic carbocycles. The van der Waals surface area contributed by atoms with E-state index in [-0.39, 0.29) is 0 Å². The fraction of sp³-hybridized carbons (Fsp3) is 0.667. The smallest absolute Gasteiger partial charge is 0.163 e. The number of fused-ring (bicyclic) bond motifs is 1. The second kappa shape index (κ2) is 4.82. The normalized spacial score (nSPS) is 23.8. The maximum absolute atomic E-state index is 6.32. The average molecular weight is 289 g/mol. The number of benzene rings is 1. The number of nitrogen functional groups attached to an aromatic ring is 1. The molecule has 0 bridgehead atoms. The molecule has 3 nitrogen and oxygen atoms in total. The predicted octanol–water partition coefficient (Wildman–Crippen LogP) is 4.36. The zero-order chi connectivity index (χ0) is 15.3. The highest BCUT2D eigenvalue weighted by atomic mass is 16.6. The number of rotatable bonds is 1. The van der Waals surface area contributed by atoms with Crippen LogP contribution in [0.25, 0.3) is 0 Å². The summed E-state index contributed by atoms with van der Waals surface area (Å²) < 4.78 is 11.4. The SMILES string of the molecule is CC1(C)CC(c2cc3c(cc2N)OCCO3)CC(C)(C)C1. The van der Waals surface area contributed by atoms with Gasteiger partial charge in [-0.15, -0.1) is 0 Å². The third-order valence-corrected chi connectivity index (χ3v) is 4.74. The number of hydrogen-bond donors (Lipinski definition) is 1. The lowest BCUT2D eigenvalue weighted by atomic mass is 9.60. The van der Waals surface area contributed by atoms with Crippen LogP contribution >= 0.6 is 0 Å². The topological polar surface area (TPSA) is 44.5 Å². The van der Waals surface area contributed by atoms with Gasteiger partial charge in [-0.05, 0) is 47.6 Å². The van der Waals surface area contributed by atoms with E-state index in [4.69, 9.17) is 15.2 Å². The number of ether oxygens (including phenoxy) is 2. The van der Waals surface area contributed by atoms with Gasteiger partial charge in [0.2, 0.25) is 0 Å². The van der Waals surface area contributed by atoms with Crippen molar-refractivity contribution in [1.82, 2.24) is 0 Å². The summed E-state index contributed by atoms with van der Waals surface area (Å²) in [7, 11) is 0. The summed E-state index contributed by atoms with van der Waals surface area (Å²) in [5.74, 6) is 2.14. The van der Waals surface area contributed by atoms with Crippen molar-refractivity contribution >= 4 is 5.69 Å². The fourth-order valence-electron chi connectivity index (χ4n) is 4.54. The van der Waals surface area contributed by atoms with Gasteiger partial charge in [0, 0.05) is 11.8 Å². The van der Waals surface area contributed by atoms with Gasteiger partial charge >= 0.3 is 0 Å². The van der Waals surface area contributed by atoms with Crippen molar-refractivity contribution in [1.29, 1.82) is 0 Å². The second-order valence-electron chi connectivity index (χ2n) is 8.24. The third-order valence-electron chi connectivity index (χ3n) is 4.74. The zero-order valence-electron chi connectivity index (χ0n) is 13.7. The van der Waals surface area contributed by atoms with Crippen LogP contribution in [0.5, 0.6) is 11.5 Å². The summed E-state index contributed by atoms with van der Waals surface area (Å²) in [4.78, 5) is 0. The predicted molar refractivity (Wildman–Crippen MR) is 86.0 cm³/mol. The van der Waals surface area contributed by atoms with Gasteiger partial charge in [0.05, 0.1) is 0 Å². The standard InChI is InChI=1S/C18H27NO2/c1-17(2)9-12(10-18(3,4)11-17)13-7-15-16(8-14(13)19)21-6-5-20-15/h7-8,12H,5-6,9-11,19H2,1-4H3. The monoisotopic (exact) mass is 289 g/mol. The third kappa shape index (κ3) is 2.97. The number of nitrogens with two attached hydrogens (primary N) is 1. The summed E-state index contributed by atoms with van der Waals surface area (Å²) in [6.45, 7) is 10.7. The second-order valence-corrected chi connectivity index (χ2v) is 8.24. The van der Waals surface area contributed by atoms with E-state index in [9.17, 15) is 0 Å². The van der Waals surface area contributed by atoms with Crippen molar-refractivity contribution in [2.75, 3.05) is 18.9 Å². The summed E-state index contributed by atoms with van der Waals surface area (Å²) >= 11 is 0. The van der Waals surface area contributed by atoms with E-state index in [1.165, 1.54) is 24.8 Å². The van der Waals surface area contributed by atoms with Gasteiger partial charge in [0.25, 0.3) is 0 Å². The Bertz CT molecular complexity index is 532. The Morgan fingerprint density at radius 3 is 2.05 bits per heavy atom. The zero-order valence-corrected chi connectivity index (χ0v) is 13.7. The summed E-state index contributed by atoms with van der Waals surface area (Å²) in [6.07, 6.45) is 3.63. The van der Waals surface area contributed by atoms with Crippen molar-refractivity contribution in [3.63, 3.8) is 0 Å². The van der Waals surface area contributed by atoms with Crippen LogP contribution in [0.15, 0.2) is 12.1 Å². The van der Waals surface area contributed by atoms with Crippen molar-refractivity contribution in [3.8, 4) is 11.5 Å². The Hall–Kier alpha value is -1.38. The summed E-state index contributed by atoms with van der Waals surface area (Å²) in [6, 6.07) is 4.06. The Balaban J connectivity index is 1.96. The molecule has 116 valence electrons. The first-order chi connectivity index (χ1) is 9.76.